The molecule has 8 bridgehead atoms. The zero-order valence-electron chi connectivity index (χ0n) is 28.1. The fraction of sp³-hybridized carbons (Fsp3) is 0.488. The molecule has 8 aliphatic carbocycles. The molecule has 2 heterocycles. The molecule has 2 aromatic heterocycles. The van der Waals surface area contributed by atoms with Gasteiger partial charge >= 0.3 is 0 Å². The van der Waals surface area contributed by atoms with Crippen LogP contribution < -0.4 is 5.30 Å². The minimum absolute atomic E-state index is 0. The Morgan fingerprint density at radius 3 is 1.67 bits per heavy atom. The normalized spacial score (nSPS) is 34.9. The summed E-state index contributed by atoms with van der Waals surface area (Å²) < 4.78 is 15.9. The van der Waals surface area contributed by atoms with Gasteiger partial charge in [-0.15, -0.1) is 35.1 Å². The summed E-state index contributed by atoms with van der Waals surface area (Å²) in [6.07, 6.45) is 20.0. The number of hydrogen-bond donors (Lipinski definition) is 0. The van der Waals surface area contributed by atoms with Crippen molar-refractivity contribution >= 4 is 12.4 Å². The molecule has 2 aromatic carbocycles. The topological polar surface area (TPSA) is 42.9 Å². The van der Waals surface area contributed by atoms with E-state index in [1.54, 1.807) is 6.20 Å². The minimum Gasteiger partial charge on any atom is -0.320 e. The van der Waals surface area contributed by atoms with Gasteiger partial charge in [-0.05, 0) is 143 Å². The summed E-state index contributed by atoms with van der Waals surface area (Å²) >= 11 is 0. The fourth-order valence-electron chi connectivity index (χ4n) is 12.5. The second-order valence-electron chi connectivity index (χ2n) is 16.5. The number of nitrogens with zero attached hydrogens (tertiary/aromatic N) is 2. The van der Waals surface area contributed by atoms with Crippen molar-refractivity contribution in [2.45, 2.75) is 94.3 Å². The predicted octanol–water partition coefficient (Wildman–Crippen LogP) is 10.3. The summed E-state index contributed by atoms with van der Waals surface area (Å²) in [4.78, 5) is 8.88. The predicted molar refractivity (Wildman–Crippen MR) is 191 cm³/mol. The van der Waals surface area contributed by atoms with E-state index in [-0.39, 0.29) is 30.4 Å². The van der Waals surface area contributed by atoms with Gasteiger partial charge in [-0.3, -0.25) is 4.98 Å². The Labute approximate surface area is 300 Å². The average molecular weight is 831 g/mol. The van der Waals surface area contributed by atoms with Gasteiger partial charge in [0.2, 0.25) is 0 Å². The number of benzene rings is 2. The van der Waals surface area contributed by atoms with Crippen LogP contribution in [0.5, 0.6) is 0 Å². The van der Waals surface area contributed by atoms with E-state index in [4.69, 9.17) is 0 Å². The Kier molecular flexibility index (Phi) is 8.71. The molecule has 1 radical (unpaired) electrons. The van der Waals surface area contributed by atoms with Crippen LogP contribution >= 0.6 is 7.14 Å². The monoisotopic (exact) mass is 831 g/mol. The molecule has 0 N–H and O–H groups in total. The van der Waals surface area contributed by atoms with Crippen molar-refractivity contribution in [2.24, 2.45) is 35.5 Å². The molecular weight excluding hydrogens is 784 g/mol. The molecule has 12 rings (SSSR count). The first-order valence-corrected chi connectivity index (χ1v) is 20.1. The number of hydrogen-bond acceptors (Lipinski definition) is 3. The van der Waals surface area contributed by atoms with Crippen LogP contribution in [0.25, 0.3) is 22.5 Å². The molecular formula is C43H47IrN2OP-2. The SMILES string of the molecule is Cc1ccc(-c2ccc[c-]c2-c2ccccn2)nc1.O=P(c1[c-]cccc1)(C12CC3CC(CC(C3)C1)C2)C12CC3CC(CC(C3)C1)C2.[Ir]. The van der Waals surface area contributed by atoms with Gasteiger partial charge in [-0.2, -0.15) is 30.3 Å². The second-order valence-corrected chi connectivity index (χ2v) is 20.1. The molecule has 0 aliphatic heterocycles. The van der Waals surface area contributed by atoms with E-state index in [9.17, 15) is 0 Å². The van der Waals surface area contributed by atoms with Crippen molar-refractivity contribution in [2.75, 3.05) is 0 Å². The molecule has 0 unspecified atom stereocenters. The Hall–Kier alpha value is -2.38. The molecule has 251 valence electrons. The standard InChI is InChI=1S/C26H34OP.C17H13N2.Ir/c27-28(24-4-2-1-3-5-24,25-12-18-6-19(13-25)8-20(7-18)14-25)26-15-21-9-22(16-26)11-23(10-21)17-26;1-13-9-10-17(19-12-13)15-7-3-2-6-14(15)16-8-4-5-11-18-16;/h1-4,18-23H,6-17H2;2-5,7-12H,1H3;/q2*-1;. The number of aryl methyl sites for hydroxylation is 1. The van der Waals surface area contributed by atoms with Crippen molar-refractivity contribution < 1.29 is 24.7 Å². The molecule has 0 atom stereocenters. The number of pyridine rings is 2. The zero-order valence-corrected chi connectivity index (χ0v) is 31.4. The van der Waals surface area contributed by atoms with E-state index in [1.807, 2.05) is 49.5 Å². The molecule has 0 amide bonds. The summed E-state index contributed by atoms with van der Waals surface area (Å²) in [5, 5.41) is 1.43. The van der Waals surface area contributed by atoms with Gasteiger partial charge in [0.05, 0.1) is 0 Å². The first-order chi connectivity index (χ1) is 22.9. The Morgan fingerprint density at radius 2 is 1.19 bits per heavy atom. The Bertz CT molecular complexity index is 1670. The maximum Gasteiger partial charge on any atom is 0.104 e. The van der Waals surface area contributed by atoms with Crippen LogP contribution in [0.1, 0.15) is 82.6 Å². The van der Waals surface area contributed by atoms with E-state index in [1.165, 1.54) is 82.4 Å². The van der Waals surface area contributed by atoms with Gasteiger partial charge in [0.1, 0.15) is 7.14 Å². The molecule has 48 heavy (non-hydrogen) atoms. The first-order valence-electron chi connectivity index (χ1n) is 18.3. The van der Waals surface area contributed by atoms with E-state index in [0.29, 0.717) is 0 Å². The third-order valence-electron chi connectivity index (χ3n) is 13.3. The molecule has 0 spiro atoms. The summed E-state index contributed by atoms with van der Waals surface area (Å²) in [7, 11) is -2.53. The van der Waals surface area contributed by atoms with E-state index >= 15 is 4.57 Å². The molecule has 8 fully saturated rings. The third-order valence-corrected chi connectivity index (χ3v) is 18.1. The van der Waals surface area contributed by atoms with Crippen LogP contribution in [0.3, 0.4) is 0 Å². The van der Waals surface area contributed by atoms with Gasteiger partial charge in [-0.25, -0.2) is 0 Å². The first kappa shape index (κ1) is 32.8. The Balaban J connectivity index is 0.000000148. The van der Waals surface area contributed by atoms with Gasteiger partial charge in [-0.1, -0.05) is 23.8 Å². The molecule has 3 nitrogen and oxygen atoms in total. The van der Waals surface area contributed by atoms with E-state index in [2.05, 4.69) is 58.5 Å². The van der Waals surface area contributed by atoms with Crippen molar-refractivity contribution in [1.82, 2.24) is 9.97 Å². The van der Waals surface area contributed by atoms with E-state index < -0.39 is 7.14 Å². The van der Waals surface area contributed by atoms with Crippen LogP contribution in [0.2, 0.25) is 0 Å². The van der Waals surface area contributed by atoms with Crippen LogP contribution in [-0.4, -0.2) is 20.3 Å². The van der Waals surface area contributed by atoms with Crippen molar-refractivity contribution in [3.05, 3.63) is 103 Å². The fourth-order valence-corrected chi connectivity index (χ4v) is 18.2. The zero-order chi connectivity index (χ0) is 31.6. The smallest absolute Gasteiger partial charge is 0.104 e. The van der Waals surface area contributed by atoms with Crippen molar-refractivity contribution in [3.8, 4) is 22.5 Å². The molecule has 5 heteroatoms. The Morgan fingerprint density at radius 1 is 0.625 bits per heavy atom. The second kappa shape index (κ2) is 12.7. The summed E-state index contributed by atoms with van der Waals surface area (Å²) in [6, 6.07) is 31.3. The van der Waals surface area contributed by atoms with Crippen LogP contribution in [-0.2, 0) is 24.7 Å². The maximum absolute atomic E-state index is 15.9. The summed E-state index contributed by atoms with van der Waals surface area (Å²) in [6.45, 7) is 2.04. The van der Waals surface area contributed by atoms with Gasteiger partial charge in [0, 0.05) is 48.5 Å². The summed E-state index contributed by atoms with van der Waals surface area (Å²) in [5.74, 6) is 5.23. The molecule has 8 aliphatic rings. The summed E-state index contributed by atoms with van der Waals surface area (Å²) in [5.41, 5.74) is 5.06. The quantitative estimate of drug-likeness (QED) is 0.149. The molecule has 4 aromatic rings. The van der Waals surface area contributed by atoms with Crippen LogP contribution in [0.4, 0.5) is 0 Å². The van der Waals surface area contributed by atoms with Crippen molar-refractivity contribution in [1.29, 1.82) is 0 Å². The number of rotatable bonds is 5. The molecule has 8 saturated carbocycles. The molecule has 0 saturated heterocycles. The van der Waals surface area contributed by atoms with E-state index in [0.717, 1.165) is 63.6 Å². The third kappa shape index (κ3) is 5.45. The average Bonchev–Trinajstić information content (AvgIpc) is 3.08. The van der Waals surface area contributed by atoms with Crippen LogP contribution in [0, 0.1) is 54.6 Å². The van der Waals surface area contributed by atoms with Crippen LogP contribution in [0.15, 0.2) is 85.2 Å². The minimum atomic E-state index is -2.53. The number of aromatic nitrogens is 2. The van der Waals surface area contributed by atoms with Gasteiger partial charge in [0.25, 0.3) is 0 Å². The largest absolute Gasteiger partial charge is 0.320 e. The van der Waals surface area contributed by atoms with Gasteiger partial charge < -0.3 is 9.55 Å². The van der Waals surface area contributed by atoms with Crippen molar-refractivity contribution in [3.63, 3.8) is 0 Å². The van der Waals surface area contributed by atoms with Gasteiger partial charge in [0.15, 0.2) is 0 Å². The maximum atomic E-state index is 15.9.